The van der Waals surface area contributed by atoms with Crippen molar-refractivity contribution in [2.24, 2.45) is 5.73 Å². The average molecular weight is 283 g/mol. The monoisotopic (exact) mass is 281 g/mol. The van der Waals surface area contributed by atoms with Crippen LogP contribution in [0, 0.1) is 6.92 Å². The lowest BCUT2D eigenvalue weighted by Gasteiger charge is -2.13. The Kier molecular flexibility index (Phi) is 6.33. The summed E-state index contributed by atoms with van der Waals surface area (Å²) in [6, 6.07) is 5.70. The molecule has 0 aliphatic heterocycles. The fraction of sp³-hybridized carbons (Fsp3) is 0.400. The van der Waals surface area contributed by atoms with Crippen molar-refractivity contribution in [2.75, 3.05) is 6.67 Å². The van der Waals surface area contributed by atoms with E-state index in [9.17, 15) is 4.39 Å². The van der Waals surface area contributed by atoms with Crippen LogP contribution in [0.4, 0.5) is 4.39 Å². The molecule has 4 heteroatoms. The summed E-state index contributed by atoms with van der Waals surface area (Å²) in [6.45, 7) is 1.62. The summed E-state index contributed by atoms with van der Waals surface area (Å²) in [6.07, 6.45) is 0.386. The van der Waals surface area contributed by atoms with Crippen molar-refractivity contribution < 1.29 is 4.39 Å². The minimum atomic E-state index is -0.368. The SMILES string of the molecule is Cc1ccc(Br)cc1[C@H](N)CCF.Cl. The van der Waals surface area contributed by atoms with Crippen molar-refractivity contribution >= 4 is 28.3 Å². The van der Waals surface area contributed by atoms with E-state index in [0.717, 1.165) is 15.6 Å². The second-order valence-electron chi connectivity index (χ2n) is 3.09. The number of hydrogen-bond donors (Lipinski definition) is 1. The van der Waals surface area contributed by atoms with Gasteiger partial charge in [0.05, 0.1) is 6.67 Å². The third-order valence-electron chi connectivity index (χ3n) is 2.06. The predicted octanol–water partition coefficient (Wildman–Crippen LogP) is 3.54. The highest BCUT2D eigenvalue weighted by Crippen LogP contribution is 2.22. The van der Waals surface area contributed by atoms with Crippen molar-refractivity contribution in [3.8, 4) is 0 Å². The third-order valence-corrected chi connectivity index (χ3v) is 2.55. The van der Waals surface area contributed by atoms with Gasteiger partial charge in [-0.25, -0.2) is 0 Å². The van der Waals surface area contributed by atoms with Crippen LogP contribution in [0.2, 0.25) is 0 Å². The number of nitrogens with two attached hydrogens (primary N) is 1. The average Bonchev–Trinajstić information content (AvgIpc) is 2.09. The number of aryl methyl sites for hydroxylation is 1. The Labute approximate surface area is 98.4 Å². The van der Waals surface area contributed by atoms with E-state index in [2.05, 4.69) is 15.9 Å². The molecule has 0 aromatic heterocycles. The summed E-state index contributed by atoms with van der Waals surface area (Å²) in [5.74, 6) is 0. The highest BCUT2D eigenvalue weighted by molar-refractivity contribution is 9.10. The molecule has 0 unspecified atom stereocenters. The first-order chi connectivity index (χ1) is 6.15. The van der Waals surface area contributed by atoms with Crippen LogP contribution >= 0.6 is 28.3 Å². The molecule has 0 aliphatic rings. The zero-order valence-corrected chi connectivity index (χ0v) is 10.4. The quantitative estimate of drug-likeness (QED) is 0.901. The molecule has 2 N–H and O–H groups in total. The van der Waals surface area contributed by atoms with E-state index in [0.29, 0.717) is 6.42 Å². The van der Waals surface area contributed by atoms with E-state index in [1.165, 1.54) is 0 Å². The minimum Gasteiger partial charge on any atom is -0.324 e. The fourth-order valence-corrected chi connectivity index (χ4v) is 1.66. The molecular formula is C10H14BrClFN. The van der Waals surface area contributed by atoms with Gasteiger partial charge in [-0.3, -0.25) is 4.39 Å². The standard InChI is InChI=1S/C10H13BrFN.ClH/c1-7-2-3-8(11)6-9(7)10(13)4-5-12;/h2-3,6,10H,4-5,13H2,1H3;1H/t10-;/m1./s1. The lowest BCUT2D eigenvalue weighted by molar-refractivity contribution is 0.441. The molecular weight excluding hydrogens is 268 g/mol. The number of halogens is 3. The molecule has 1 rings (SSSR count). The highest BCUT2D eigenvalue weighted by Gasteiger charge is 2.08. The van der Waals surface area contributed by atoms with Crippen LogP contribution in [0.5, 0.6) is 0 Å². The zero-order chi connectivity index (χ0) is 9.84. The van der Waals surface area contributed by atoms with E-state index in [1.807, 2.05) is 25.1 Å². The van der Waals surface area contributed by atoms with Gasteiger partial charge < -0.3 is 5.73 Å². The van der Waals surface area contributed by atoms with E-state index in [-0.39, 0.29) is 25.1 Å². The second-order valence-corrected chi connectivity index (χ2v) is 4.00. The highest BCUT2D eigenvalue weighted by atomic mass is 79.9. The van der Waals surface area contributed by atoms with Crippen LogP contribution in [0.1, 0.15) is 23.6 Å². The maximum absolute atomic E-state index is 12.1. The number of benzene rings is 1. The summed E-state index contributed by atoms with van der Waals surface area (Å²) in [5, 5.41) is 0. The van der Waals surface area contributed by atoms with E-state index in [1.54, 1.807) is 0 Å². The molecule has 0 saturated carbocycles. The van der Waals surface area contributed by atoms with Gasteiger partial charge in [0.1, 0.15) is 0 Å². The Balaban J connectivity index is 0.00000169. The first-order valence-electron chi connectivity index (χ1n) is 4.22. The van der Waals surface area contributed by atoms with E-state index >= 15 is 0 Å². The molecule has 14 heavy (non-hydrogen) atoms. The summed E-state index contributed by atoms with van der Waals surface area (Å²) in [5.41, 5.74) is 7.95. The van der Waals surface area contributed by atoms with Gasteiger partial charge in [0, 0.05) is 10.5 Å². The predicted molar refractivity (Wildman–Crippen MR) is 63.6 cm³/mol. The molecule has 1 aromatic carbocycles. The topological polar surface area (TPSA) is 26.0 Å². The van der Waals surface area contributed by atoms with Crippen LogP contribution in [0.25, 0.3) is 0 Å². The molecule has 0 bridgehead atoms. The van der Waals surface area contributed by atoms with Gasteiger partial charge in [-0.15, -0.1) is 12.4 Å². The van der Waals surface area contributed by atoms with Gasteiger partial charge in [-0.2, -0.15) is 0 Å². The fourth-order valence-electron chi connectivity index (χ4n) is 1.28. The lowest BCUT2D eigenvalue weighted by atomic mass is 10.0. The maximum Gasteiger partial charge on any atom is 0.0912 e. The van der Waals surface area contributed by atoms with Crippen molar-refractivity contribution in [3.63, 3.8) is 0 Å². The maximum atomic E-state index is 12.1. The van der Waals surface area contributed by atoms with Crippen LogP contribution in [-0.4, -0.2) is 6.67 Å². The molecule has 1 aromatic rings. The molecule has 0 radical (unpaired) electrons. The molecule has 0 fully saturated rings. The minimum absolute atomic E-state index is 0. The largest absolute Gasteiger partial charge is 0.324 e. The van der Waals surface area contributed by atoms with Crippen LogP contribution in [0.3, 0.4) is 0 Å². The van der Waals surface area contributed by atoms with E-state index in [4.69, 9.17) is 5.73 Å². The summed E-state index contributed by atoms with van der Waals surface area (Å²) in [4.78, 5) is 0. The summed E-state index contributed by atoms with van der Waals surface area (Å²) < 4.78 is 13.1. The van der Waals surface area contributed by atoms with Gasteiger partial charge in [-0.1, -0.05) is 22.0 Å². The Morgan fingerprint density at radius 2 is 2.14 bits per heavy atom. The molecule has 0 amide bonds. The molecule has 1 nitrogen and oxygen atoms in total. The second kappa shape index (κ2) is 6.38. The van der Waals surface area contributed by atoms with Gasteiger partial charge in [-0.05, 0) is 36.6 Å². The normalized spacial score (nSPS) is 12.0. The number of alkyl halides is 1. The molecule has 1 atom stereocenters. The number of hydrogen-bond acceptors (Lipinski definition) is 1. The molecule has 0 aliphatic carbocycles. The van der Waals surface area contributed by atoms with Crippen molar-refractivity contribution in [3.05, 3.63) is 33.8 Å². The van der Waals surface area contributed by atoms with Crippen LogP contribution < -0.4 is 5.73 Å². The Morgan fingerprint density at radius 1 is 1.50 bits per heavy atom. The van der Waals surface area contributed by atoms with Gasteiger partial charge in [0.15, 0.2) is 0 Å². The van der Waals surface area contributed by atoms with Gasteiger partial charge in [0.25, 0.3) is 0 Å². The van der Waals surface area contributed by atoms with Crippen molar-refractivity contribution in [1.29, 1.82) is 0 Å². The first-order valence-corrected chi connectivity index (χ1v) is 5.02. The third kappa shape index (κ3) is 3.56. The zero-order valence-electron chi connectivity index (χ0n) is 7.97. The molecule has 0 heterocycles. The Morgan fingerprint density at radius 3 is 2.71 bits per heavy atom. The summed E-state index contributed by atoms with van der Waals surface area (Å²) in [7, 11) is 0. The van der Waals surface area contributed by atoms with Crippen molar-refractivity contribution in [2.45, 2.75) is 19.4 Å². The first kappa shape index (κ1) is 13.9. The van der Waals surface area contributed by atoms with Crippen LogP contribution in [-0.2, 0) is 0 Å². The molecule has 80 valence electrons. The molecule has 0 spiro atoms. The smallest absolute Gasteiger partial charge is 0.0912 e. The Bertz CT molecular complexity index is 293. The van der Waals surface area contributed by atoms with Gasteiger partial charge in [0.2, 0.25) is 0 Å². The molecule has 0 saturated heterocycles. The Hall–Kier alpha value is -0.120. The summed E-state index contributed by atoms with van der Waals surface area (Å²) >= 11 is 3.37. The van der Waals surface area contributed by atoms with Crippen LogP contribution in [0.15, 0.2) is 22.7 Å². The van der Waals surface area contributed by atoms with Gasteiger partial charge >= 0.3 is 0 Å². The van der Waals surface area contributed by atoms with E-state index < -0.39 is 0 Å². The number of rotatable bonds is 3. The lowest BCUT2D eigenvalue weighted by Crippen LogP contribution is -2.12. The van der Waals surface area contributed by atoms with Crippen molar-refractivity contribution in [1.82, 2.24) is 0 Å².